The maximum atomic E-state index is 8.95. The van der Waals surface area contributed by atoms with Gasteiger partial charge in [-0.25, -0.2) is 5.48 Å². The molecule has 14 heavy (non-hydrogen) atoms. The molecular formula is C12H25NO. The van der Waals surface area contributed by atoms with Crippen LogP contribution in [0.5, 0.6) is 0 Å². The molecule has 0 aromatic carbocycles. The second-order valence-electron chi connectivity index (χ2n) is 4.59. The molecule has 2 nitrogen and oxygen atoms in total. The maximum Gasteiger partial charge on any atom is 0.0319 e. The fraction of sp³-hybridized carbons (Fsp3) is 1.00. The van der Waals surface area contributed by atoms with Crippen LogP contribution in [0.2, 0.25) is 0 Å². The number of hydroxylamine groups is 1. The van der Waals surface area contributed by atoms with Crippen molar-refractivity contribution in [3.63, 3.8) is 0 Å². The lowest BCUT2D eigenvalue weighted by Gasteiger charge is -2.15. The van der Waals surface area contributed by atoms with Crippen molar-refractivity contribution in [2.75, 3.05) is 0 Å². The second kappa shape index (κ2) is 8.25. The summed E-state index contributed by atoms with van der Waals surface area (Å²) in [5, 5.41) is 8.95. The van der Waals surface area contributed by atoms with Gasteiger partial charge < -0.3 is 5.21 Å². The molecule has 1 saturated carbocycles. The molecule has 0 spiro atoms. The Morgan fingerprint density at radius 3 is 1.36 bits per heavy atom. The van der Waals surface area contributed by atoms with Crippen LogP contribution in [0.4, 0.5) is 0 Å². The standard InChI is InChI=1S/C12H25NO/c14-13-12-10-8-6-4-2-1-3-5-7-9-11-12/h12-14H,1-11H2. The van der Waals surface area contributed by atoms with E-state index in [1.165, 1.54) is 57.8 Å². The van der Waals surface area contributed by atoms with Crippen LogP contribution in [0.1, 0.15) is 70.6 Å². The summed E-state index contributed by atoms with van der Waals surface area (Å²) in [6.07, 6.45) is 14.6. The maximum absolute atomic E-state index is 8.95. The van der Waals surface area contributed by atoms with Crippen molar-refractivity contribution in [3.8, 4) is 0 Å². The van der Waals surface area contributed by atoms with Crippen molar-refractivity contribution in [2.24, 2.45) is 0 Å². The highest BCUT2D eigenvalue weighted by Gasteiger charge is 2.07. The van der Waals surface area contributed by atoms with Gasteiger partial charge in [0.1, 0.15) is 0 Å². The minimum atomic E-state index is 0.356. The highest BCUT2D eigenvalue weighted by atomic mass is 16.5. The Balaban J connectivity index is 2.17. The second-order valence-corrected chi connectivity index (χ2v) is 4.59. The minimum Gasteiger partial charge on any atom is -0.317 e. The zero-order valence-electron chi connectivity index (χ0n) is 9.30. The van der Waals surface area contributed by atoms with Crippen molar-refractivity contribution in [3.05, 3.63) is 0 Å². The van der Waals surface area contributed by atoms with Crippen LogP contribution in [0.25, 0.3) is 0 Å². The highest BCUT2D eigenvalue weighted by Crippen LogP contribution is 2.16. The molecule has 2 heteroatoms. The molecule has 0 aromatic heterocycles. The molecule has 0 heterocycles. The summed E-state index contributed by atoms with van der Waals surface area (Å²) in [5.74, 6) is 0. The molecule has 0 atom stereocenters. The van der Waals surface area contributed by atoms with Gasteiger partial charge in [0.05, 0.1) is 0 Å². The first kappa shape index (κ1) is 12.0. The fourth-order valence-electron chi connectivity index (χ4n) is 2.29. The van der Waals surface area contributed by atoms with E-state index in [-0.39, 0.29) is 0 Å². The van der Waals surface area contributed by atoms with Crippen LogP contribution in [-0.2, 0) is 0 Å². The predicted octanol–water partition coefficient (Wildman–Crippen LogP) is 3.64. The van der Waals surface area contributed by atoms with Crippen LogP contribution >= 0.6 is 0 Å². The monoisotopic (exact) mass is 199 g/mol. The number of hydrogen-bond donors (Lipinski definition) is 2. The molecule has 0 radical (unpaired) electrons. The third kappa shape index (κ3) is 5.61. The molecule has 0 aromatic rings. The van der Waals surface area contributed by atoms with E-state index < -0.39 is 0 Å². The molecule has 0 aliphatic heterocycles. The van der Waals surface area contributed by atoms with E-state index in [9.17, 15) is 0 Å². The van der Waals surface area contributed by atoms with E-state index in [1.807, 2.05) is 0 Å². The Morgan fingerprint density at radius 1 is 0.643 bits per heavy atom. The van der Waals surface area contributed by atoms with E-state index in [0.717, 1.165) is 12.8 Å². The molecule has 1 rings (SSSR count). The molecule has 1 aliphatic carbocycles. The minimum absolute atomic E-state index is 0.356. The van der Waals surface area contributed by atoms with Gasteiger partial charge in [-0.2, -0.15) is 0 Å². The lowest BCUT2D eigenvalue weighted by molar-refractivity contribution is 0.114. The lowest BCUT2D eigenvalue weighted by Crippen LogP contribution is -2.25. The van der Waals surface area contributed by atoms with Crippen molar-refractivity contribution in [2.45, 2.75) is 76.7 Å². The molecule has 2 N–H and O–H groups in total. The number of rotatable bonds is 1. The topological polar surface area (TPSA) is 32.3 Å². The van der Waals surface area contributed by atoms with Crippen molar-refractivity contribution in [1.29, 1.82) is 0 Å². The van der Waals surface area contributed by atoms with Gasteiger partial charge in [0.25, 0.3) is 0 Å². The van der Waals surface area contributed by atoms with Gasteiger partial charge in [-0.3, -0.25) is 0 Å². The summed E-state index contributed by atoms with van der Waals surface area (Å²) >= 11 is 0. The lowest BCUT2D eigenvalue weighted by atomic mass is 9.98. The van der Waals surface area contributed by atoms with Gasteiger partial charge in [0.2, 0.25) is 0 Å². The van der Waals surface area contributed by atoms with E-state index in [1.54, 1.807) is 0 Å². The largest absolute Gasteiger partial charge is 0.317 e. The van der Waals surface area contributed by atoms with Crippen LogP contribution < -0.4 is 5.48 Å². The van der Waals surface area contributed by atoms with Gasteiger partial charge in [-0.05, 0) is 12.8 Å². The van der Waals surface area contributed by atoms with Crippen LogP contribution in [0.15, 0.2) is 0 Å². The zero-order valence-corrected chi connectivity index (χ0v) is 9.30. The third-order valence-corrected chi connectivity index (χ3v) is 3.29. The van der Waals surface area contributed by atoms with Gasteiger partial charge in [0.15, 0.2) is 0 Å². The van der Waals surface area contributed by atoms with E-state index in [4.69, 9.17) is 5.21 Å². The van der Waals surface area contributed by atoms with E-state index >= 15 is 0 Å². The summed E-state index contributed by atoms with van der Waals surface area (Å²) in [7, 11) is 0. The quantitative estimate of drug-likeness (QED) is 0.632. The SMILES string of the molecule is ONC1CCCCCCCCCCC1. The molecule has 0 amide bonds. The molecular weight excluding hydrogens is 174 g/mol. The average Bonchev–Trinajstić information content (AvgIpc) is 2.19. The number of nitrogens with one attached hydrogen (secondary N) is 1. The van der Waals surface area contributed by atoms with Gasteiger partial charge in [0, 0.05) is 6.04 Å². The number of hydrogen-bond acceptors (Lipinski definition) is 2. The first-order valence-electron chi connectivity index (χ1n) is 6.33. The molecule has 0 unspecified atom stereocenters. The van der Waals surface area contributed by atoms with Crippen molar-refractivity contribution < 1.29 is 5.21 Å². The normalized spacial score (nSPS) is 23.8. The van der Waals surface area contributed by atoms with Crippen LogP contribution in [-0.4, -0.2) is 11.2 Å². The fourth-order valence-corrected chi connectivity index (χ4v) is 2.29. The van der Waals surface area contributed by atoms with E-state index in [0.29, 0.717) is 6.04 Å². The highest BCUT2D eigenvalue weighted by molar-refractivity contribution is 4.63. The molecule has 1 fully saturated rings. The smallest absolute Gasteiger partial charge is 0.0319 e. The molecule has 1 aliphatic rings. The predicted molar refractivity (Wildman–Crippen MR) is 59.5 cm³/mol. The summed E-state index contributed by atoms with van der Waals surface area (Å²) in [6, 6.07) is 0.356. The third-order valence-electron chi connectivity index (χ3n) is 3.29. The summed E-state index contributed by atoms with van der Waals surface area (Å²) < 4.78 is 0. The van der Waals surface area contributed by atoms with Gasteiger partial charge >= 0.3 is 0 Å². The summed E-state index contributed by atoms with van der Waals surface area (Å²) in [5.41, 5.74) is 2.46. The average molecular weight is 199 g/mol. The Kier molecular flexibility index (Phi) is 7.06. The molecule has 0 saturated heterocycles. The molecule has 0 bridgehead atoms. The summed E-state index contributed by atoms with van der Waals surface area (Å²) in [6.45, 7) is 0. The Hall–Kier alpha value is -0.0800. The van der Waals surface area contributed by atoms with Gasteiger partial charge in [-0.1, -0.05) is 57.8 Å². The summed E-state index contributed by atoms with van der Waals surface area (Å²) in [4.78, 5) is 0. The Morgan fingerprint density at radius 2 is 1.00 bits per heavy atom. The Labute approximate surface area is 88.0 Å². The Bertz CT molecular complexity index is 115. The van der Waals surface area contributed by atoms with Gasteiger partial charge in [-0.15, -0.1) is 0 Å². The first-order chi connectivity index (χ1) is 6.93. The van der Waals surface area contributed by atoms with Crippen LogP contribution in [0, 0.1) is 0 Å². The zero-order chi connectivity index (χ0) is 10.1. The van der Waals surface area contributed by atoms with Crippen LogP contribution in [0.3, 0.4) is 0 Å². The molecule has 84 valence electrons. The van der Waals surface area contributed by atoms with Crippen molar-refractivity contribution >= 4 is 0 Å². The first-order valence-corrected chi connectivity index (χ1v) is 6.33. The van der Waals surface area contributed by atoms with E-state index in [2.05, 4.69) is 5.48 Å². The van der Waals surface area contributed by atoms with Crippen molar-refractivity contribution in [1.82, 2.24) is 5.48 Å².